The SMILES string of the molecule is C=C(CC)C1(CC)CC1C. The second kappa shape index (κ2) is 2.41. The summed E-state index contributed by atoms with van der Waals surface area (Å²) in [5.41, 5.74) is 2.04. The molecule has 1 saturated carbocycles. The number of allylic oxidation sites excluding steroid dienone is 1. The molecule has 0 nitrogen and oxygen atoms in total. The van der Waals surface area contributed by atoms with E-state index in [-0.39, 0.29) is 0 Å². The Morgan fingerprint density at radius 3 is 2.20 bits per heavy atom. The van der Waals surface area contributed by atoms with Crippen molar-refractivity contribution in [3.8, 4) is 0 Å². The van der Waals surface area contributed by atoms with Gasteiger partial charge in [0.05, 0.1) is 0 Å². The van der Waals surface area contributed by atoms with Crippen LogP contribution in [0.3, 0.4) is 0 Å². The summed E-state index contributed by atoms with van der Waals surface area (Å²) in [5, 5.41) is 0. The Balaban J connectivity index is 2.60. The van der Waals surface area contributed by atoms with Gasteiger partial charge in [0.15, 0.2) is 0 Å². The molecule has 0 aromatic rings. The van der Waals surface area contributed by atoms with Crippen LogP contribution in [-0.2, 0) is 0 Å². The van der Waals surface area contributed by atoms with Crippen molar-refractivity contribution in [2.24, 2.45) is 11.3 Å². The van der Waals surface area contributed by atoms with E-state index in [9.17, 15) is 0 Å². The number of hydrogen-bond acceptors (Lipinski definition) is 0. The normalized spacial score (nSPS) is 37.7. The summed E-state index contributed by atoms with van der Waals surface area (Å²) in [5.74, 6) is 0.907. The first-order valence-electron chi connectivity index (χ1n) is 4.35. The summed E-state index contributed by atoms with van der Waals surface area (Å²) < 4.78 is 0. The third kappa shape index (κ3) is 0.902. The first-order valence-corrected chi connectivity index (χ1v) is 4.35. The van der Waals surface area contributed by atoms with Gasteiger partial charge in [-0.15, -0.1) is 0 Å². The third-order valence-corrected chi connectivity index (χ3v) is 3.22. The third-order valence-electron chi connectivity index (χ3n) is 3.22. The smallest absolute Gasteiger partial charge is 0.00647 e. The minimum atomic E-state index is 0.564. The second-order valence-electron chi connectivity index (χ2n) is 3.57. The van der Waals surface area contributed by atoms with E-state index >= 15 is 0 Å². The highest BCUT2D eigenvalue weighted by molar-refractivity contribution is 5.20. The van der Waals surface area contributed by atoms with Crippen molar-refractivity contribution in [1.29, 1.82) is 0 Å². The van der Waals surface area contributed by atoms with Crippen LogP contribution in [0.25, 0.3) is 0 Å². The molecule has 0 radical (unpaired) electrons. The van der Waals surface area contributed by atoms with Crippen molar-refractivity contribution in [3.63, 3.8) is 0 Å². The molecule has 0 heterocycles. The fraction of sp³-hybridized carbons (Fsp3) is 0.800. The van der Waals surface area contributed by atoms with Crippen LogP contribution in [-0.4, -0.2) is 0 Å². The van der Waals surface area contributed by atoms with Crippen molar-refractivity contribution in [2.75, 3.05) is 0 Å². The van der Waals surface area contributed by atoms with Crippen LogP contribution in [0, 0.1) is 11.3 Å². The van der Waals surface area contributed by atoms with Gasteiger partial charge in [-0.05, 0) is 30.6 Å². The molecule has 10 heavy (non-hydrogen) atoms. The van der Waals surface area contributed by atoms with Crippen LogP contribution in [0.4, 0.5) is 0 Å². The van der Waals surface area contributed by atoms with E-state index < -0.39 is 0 Å². The summed E-state index contributed by atoms with van der Waals surface area (Å²) in [6.45, 7) is 11.0. The predicted molar refractivity (Wildman–Crippen MR) is 45.9 cm³/mol. The van der Waals surface area contributed by atoms with Gasteiger partial charge in [-0.3, -0.25) is 0 Å². The molecule has 1 fully saturated rings. The lowest BCUT2D eigenvalue weighted by molar-refractivity contribution is 0.519. The zero-order valence-corrected chi connectivity index (χ0v) is 7.41. The Bertz CT molecular complexity index is 142. The predicted octanol–water partition coefficient (Wildman–Crippen LogP) is 3.39. The molecular weight excluding hydrogens is 120 g/mol. The minimum Gasteiger partial charge on any atom is -0.0993 e. The maximum atomic E-state index is 4.13. The first-order chi connectivity index (χ1) is 4.67. The van der Waals surface area contributed by atoms with Gasteiger partial charge in [0, 0.05) is 0 Å². The fourth-order valence-electron chi connectivity index (χ4n) is 2.08. The zero-order chi connectivity index (χ0) is 7.78. The van der Waals surface area contributed by atoms with Crippen molar-refractivity contribution < 1.29 is 0 Å². The lowest BCUT2D eigenvalue weighted by Crippen LogP contribution is -2.03. The fourth-order valence-corrected chi connectivity index (χ4v) is 2.08. The van der Waals surface area contributed by atoms with E-state index in [4.69, 9.17) is 0 Å². The van der Waals surface area contributed by atoms with Gasteiger partial charge in [0.25, 0.3) is 0 Å². The molecule has 0 heteroatoms. The number of rotatable bonds is 3. The van der Waals surface area contributed by atoms with Gasteiger partial charge in [-0.2, -0.15) is 0 Å². The molecule has 0 aromatic heterocycles. The van der Waals surface area contributed by atoms with E-state index in [1.165, 1.54) is 18.4 Å². The maximum absolute atomic E-state index is 4.13. The average Bonchev–Trinajstić information content (AvgIpc) is 2.61. The molecule has 0 aliphatic heterocycles. The van der Waals surface area contributed by atoms with Crippen molar-refractivity contribution in [2.45, 2.75) is 40.0 Å². The summed E-state index contributed by atoms with van der Waals surface area (Å²) in [6.07, 6.45) is 3.84. The summed E-state index contributed by atoms with van der Waals surface area (Å²) in [6, 6.07) is 0. The van der Waals surface area contributed by atoms with Crippen LogP contribution in [0.5, 0.6) is 0 Å². The first kappa shape index (κ1) is 7.84. The Kier molecular flexibility index (Phi) is 1.89. The summed E-state index contributed by atoms with van der Waals surface area (Å²) in [7, 11) is 0. The maximum Gasteiger partial charge on any atom is -0.00647 e. The molecule has 0 spiro atoms. The topological polar surface area (TPSA) is 0 Å². The lowest BCUT2D eigenvalue weighted by Gasteiger charge is -2.15. The second-order valence-corrected chi connectivity index (χ2v) is 3.57. The molecule has 0 N–H and O–H groups in total. The highest BCUT2D eigenvalue weighted by Gasteiger charge is 2.50. The molecule has 0 saturated heterocycles. The molecule has 2 unspecified atom stereocenters. The van der Waals surface area contributed by atoms with E-state index in [0.717, 1.165) is 12.3 Å². The molecule has 0 aromatic carbocycles. The van der Waals surface area contributed by atoms with Crippen molar-refractivity contribution in [3.05, 3.63) is 12.2 Å². The van der Waals surface area contributed by atoms with Gasteiger partial charge >= 0.3 is 0 Å². The molecule has 1 aliphatic rings. The Morgan fingerprint density at radius 2 is 2.10 bits per heavy atom. The Hall–Kier alpha value is -0.260. The quantitative estimate of drug-likeness (QED) is 0.524. The minimum absolute atomic E-state index is 0.564. The molecule has 1 aliphatic carbocycles. The van der Waals surface area contributed by atoms with E-state index in [2.05, 4.69) is 27.4 Å². The molecule has 2 atom stereocenters. The van der Waals surface area contributed by atoms with Gasteiger partial charge in [-0.1, -0.05) is 32.9 Å². The Labute approximate surface area is 64.3 Å². The van der Waals surface area contributed by atoms with E-state index in [1.807, 2.05) is 0 Å². The standard InChI is InChI=1S/C10H18/c1-5-8(3)10(6-2)7-9(10)4/h9H,3,5-7H2,1-2,4H3. The number of hydrogen-bond donors (Lipinski definition) is 0. The van der Waals surface area contributed by atoms with Crippen LogP contribution in [0.1, 0.15) is 40.0 Å². The van der Waals surface area contributed by atoms with Crippen molar-refractivity contribution >= 4 is 0 Å². The average molecular weight is 138 g/mol. The van der Waals surface area contributed by atoms with Gasteiger partial charge < -0.3 is 0 Å². The highest BCUT2D eigenvalue weighted by atomic mass is 14.5. The van der Waals surface area contributed by atoms with E-state index in [1.54, 1.807) is 0 Å². The molecule has 0 amide bonds. The van der Waals surface area contributed by atoms with Gasteiger partial charge in [-0.25, -0.2) is 0 Å². The van der Waals surface area contributed by atoms with Gasteiger partial charge in [0.1, 0.15) is 0 Å². The molecule has 0 bridgehead atoms. The monoisotopic (exact) mass is 138 g/mol. The Morgan fingerprint density at radius 1 is 1.60 bits per heavy atom. The highest BCUT2D eigenvalue weighted by Crippen LogP contribution is 2.60. The van der Waals surface area contributed by atoms with Crippen LogP contribution >= 0.6 is 0 Å². The lowest BCUT2D eigenvalue weighted by atomic mass is 9.90. The summed E-state index contributed by atoms with van der Waals surface area (Å²) >= 11 is 0. The van der Waals surface area contributed by atoms with Crippen molar-refractivity contribution in [1.82, 2.24) is 0 Å². The zero-order valence-electron chi connectivity index (χ0n) is 7.41. The van der Waals surface area contributed by atoms with Crippen LogP contribution in [0.2, 0.25) is 0 Å². The van der Waals surface area contributed by atoms with Crippen LogP contribution < -0.4 is 0 Å². The van der Waals surface area contributed by atoms with E-state index in [0.29, 0.717) is 5.41 Å². The molecular formula is C10H18. The summed E-state index contributed by atoms with van der Waals surface area (Å²) in [4.78, 5) is 0. The van der Waals surface area contributed by atoms with Gasteiger partial charge in [0.2, 0.25) is 0 Å². The van der Waals surface area contributed by atoms with Crippen LogP contribution in [0.15, 0.2) is 12.2 Å². The molecule has 1 rings (SSSR count). The largest absolute Gasteiger partial charge is 0.0993 e. The molecule has 58 valence electrons.